The molecule has 0 aliphatic rings. The number of rotatable bonds is 15. The number of hydrogen-bond acceptors (Lipinski definition) is 5. The van der Waals surface area contributed by atoms with E-state index in [4.69, 9.17) is 9.47 Å². The Morgan fingerprint density at radius 3 is 1.97 bits per heavy atom. The van der Waals surface area contributed by atoms with Crippen molar-refractivity contribution in [3.8, 4) is 0 Å². The normalized spacial score (nSPS) is 12.6. The Labute approximate surface area is 187 Å². The third-order valence-electron chi connectivity index (χ3n) is 5.21. The van der Waals surface area contributed by atoms with Gasteiger partial charge in [-0.2, -0.15) is 0 Å². The first-order chi connectivity index (χ1) is 14.8. The number of hydrogen-bond donors (Lipinski definition) is 1. The molecule has 31 heavy (non-hydrogen) atoms. The van der Waals surface area contributed by atoms with E-state index in [1.807, 2.05) is 0 Å². The fourth-order valence-electron chi connectivity index (χ4n) is 3.50. The van der Waals surface area contributed by atoms with Crippen LogP contribution in [0.15, 0.2) is 24.3 Å². The van der Waals surface area contributed by atoms with Crippen molar-refractivity contribution in [2.45, 2.75) is 91.7 Å². The van der Waals surface area contributed by atoms with Gasteiger partial charge < -0.3 is 14.8 Å². The highest BCUT2D eigenvalue weighted by molar-refractivity contribution is 5.73. The first kappa shape index (κ1) is 26.7. The lowest BCUT2D eigenvalue weighted by Gasteiger charge is -2.26. The molecule has 0 radical (unpaired) electrons. The van der Waals surface area contributed by atoms with Crippen molar-refractivity contribution in [1.82, 2.24) is 5.32 Å². The zero-order valence-electron chi connectivity index (χ0n) is 19.6. The van der Waals surface area contributed by atoms with E-state index in [1.165, 1.54) is 64.9 Å². The van der Waals surface area contributed by atoms with Gasteiger partial charge in [-0.15, -0.1) is 0 Å². The Bertz CT molecular complexity index is 655. The zero-order valence-corrected chi connectivity index (χ0v) is 19.6. The summed E-state index contributed by atoms with van der Waals surface area (Å²) in [5.74, 6) is -1.54. The molecule has 6 heteroatoms. The average molecular weight is 434 g/mol. The molecule has 0 aliphatic carbocycles. The Kier molecular flexibility index (Phi) is 13.3. The lowest BCUT2D eigenvalue weighted by Crippen LogP contribution is -2.44. The molecule has 1 rings (SSSR count). The lowest BCUT2D eigenvalue weighted by molar-refractivity contribution is -0.156. The summed E-state index contributed by atoms with van der Waals surface area (Å²) < 4.78 is 10.4. The Morgan fingerprint density at radius 2 is 1.42 bits per heavy atom. The van der Waals surface area contributed by atoms with Crippen molar-refractivity contribution >= 4 is 17.8 Å². The van der Waals surface area contributed by atoms with E-state index in [1.54, 1.807) is 0 Å². The zero-order chi connectivity index (χ0) is 23.1. The van der Waals surface area contributed by atoms with Gasteiger partial charge in [-0.1, -0.05) is 63.3 Å². The second kappa shape index (κ2) is 15.4. The molecule has 0 saturated heterocycles. The molecule has 0 bridgehead atoms. The van der Waals surface area contributed by atoms with Gasteiger partial charge in [0.1, 0.15) is 0 Å². The fourth-order valence-corrected chi connectivity index (χ4v) is 3.50. The number of aryl methyl sites for hydroxylation is 2. The lowest BCUT2D eigenvalue weighted by atomic mass is 9.97. The molecule has 0 saturated carbocycles. The number of carbonyl (C=O) groups excluding carboxylic acids is 3. The summed E-state index contributed by atoms with van der Waals surface area (Å²) >= 11 is 0. The highest BCUT2D eigenvalue weighted by Crippen LogP contribution is 2.18. The third kappa shape index (κ3) is 12.8. The van der Waals surface area contributed by atoms with E-state index in [0.717, 1.165) is 18.4 Å². The predicted molar refractivity (Wildman–Crippen MR) is 121 cm³/mol. The summed E-state index contributed by atoms with van der Waals surface area (Å²) in [6.07, 6.45) is 9.32. The van der Waals surface area contributed by atoms with Crippen molar-refractivity contribution in [3.05, 3.63) is 35.4 Å². The first-order valence-corrected chi connectivity index (χ1v) is 11.5. The van der Waals surface area contributed by atoms with Crippen LogP contribution in [0.5, 0.6) is 0 Å². The van der Waals surface area contributed by atoms with Crippen LogP contribution in [0.4, 0.5) is 0 Å². The van der Waals surface area contributed by atoms with Crippen molar-refractivity contribution in [2.75, 3.05) is 6.61 Å². The van der Waals surface area contributed by atoms with E-state index in [-0.39, 0.29) is 18.4 Å². The van der Waals surface area contributed by atoms with E-state index in [0.29, 0.717) is 6.42 Å². The summed E-state index contributed by atoms with van der Waals surface area (Å²) in [4.78, 5) is 34.3. The molecule has 2 atom stereocenters. The molecular weight excluding hydrogens is 394 g/mol. The first-order valence-electron chi connectivity index (χ1n) is 11.5. The maximum Gasteiger partial charge on any atom is 0.304 e. The Hall–Kier alpha value is -2.37. The maximum absolute atomic E-state index is 11.5. The molecule has 1 amide bonds. The SMILES string of the molecule is CCCCCCCCc1ccc(CCC(COC(C)=O)C(NC(C)=O)OC(C)=O)cc1. The number of unbranched alkanes of at least 4 members (excludes halogenated alkanes) is 5. The van der Waals surface area contributed by atoms with Gasteiger partial charge in [0.05, 0.1) is 6.61 Å². The standard InChI is InChI=1S/C25H39NO5/c1-5-6-7-8-9-10-11-22-12-14-23(15-13-22)16-17-24(18-30-20(3)28)25(26-19(2)27)31-21(4)29/h12-15,24-25H,5-11,16-18H2,1-4H3,(H,26,27). The quantitative estimate of drug-likeness (QED) is 0.246. The highest BCUT2D eigenvalue weighted by Gasteiger charge is 2.26. The molecule has 0 heterocycles. The molecule has 1 aromatic rings. The van der Waals surface area contributed by atoms with Crippen molar-refractivity contribution in [3.63, 3.8) is 0 Å². The van der Waals surface area contributed by atoms with E-state index in [9.17, 15) is 14.4 Å². The smallest absolute Gasteiger partial charge is 0.304 e. The van der Waals surface area contributed by atoms with Gasteiger partial charge in [-0.05, 0) is 36.8 Å². The number of nitrogens with one attached hydrogen (secondary N) is 1. The van der Waals surface area contributed by atoms with E-state index >= 15 is 0 Å². The highest BCUT2D eigenvalue weighted by atomic mass is 16.6. The Morgan fingerprint density at radius 1 is 0.839 bits per heavy atom. The monoisotopic (exact) mass is 433 g/mol. The molecular formula is C25H39NO5. The maximum atomic E-state index is 11.5. The molecule has 0 spiro atoms. The van der Waals surface area contributed by atoms with E-state index < -0.39 is 18.2 Å². The van der Waals surface area contributed by atoms with Gasteiger partial charge in [-0.25, -0.2) is 0 Å². The number of ether oxygens (including phenoxy) is 2. The number of esters is 2. The molecule has 1 aromatic carbocycles. The van der Waals surface area contributed by atoms with Gasteiger partial charge in [-0.3, -0.25) is 14.4 Å². The molecule has 0 fully saturated rings. The minimum absolute atomic E-state index is 0.0731. The van der Waals surface area contributed by atoms with Crippen LogP contribution in [0.3, 0.4) is 0 Å². The van der Waals surface area contributed by atoms with Crippen LogP contribution in [-0.2, 0) is 36.7 Å². The van der Waals surface area contributed by atoms with Gasteiger partial charge >= 0.3 is 11.9 Å². The third-order valence-corrected chi connectivity index (χ3v) is 5.21. The summed E-state index contributed by atoms with van der Waals surface area (Å²) in [6, 6.07) is 8.57. The molecule has 0 aromatic heterocycles. The Balaban J connectivity index is 2.62. The topological polar surface area (TPSA) is 81.7 Å². The van der Waals surface area contributed by atoms with Crippen LogP contribution in [0.1, 0.15) is 83.8 Å². The van der Waals surface area contributed by atoms with E-state index in [2.05, 4.69) is 36.5 Å². The summed E-state index contributed by atoms with van der Waals surface area (Å²) in [5, 5.41) is 2.65. The predicted octanol–water partition coefficient (Wildman–Crippen LogP) is 4.73. The number of benzene rings is 1. The van der Waals surface area contributed by atoms with Gasteiger partial charge in [0.15, 0.2) is 6.23 Å². The van der Waals surface area contributed by atoms with Gasteiger partial charge in [0.25, 0.3) is 0 Å². The number of carbonyl (C=O) groups is 3. The number of amides is 1. The fraction of sp³-hybridized carbons (Fsp3) is 0.640. The van der Waals surface area contributed by atoms with Gasteiger partial charge in [0, 0.05) is 26.7 Å². The summed E-state index contributed by atoms with van der Waals surface area (Å²) in [5.41, 5.74) is 2.50. The molecule has 2 unspecified atom stereocenters. The second-order valence-corrected chi connectivity index (χ2v) is 8.17. The van der Waals surface area contributed by atoms with Crippen molar-refractivity contribution in [2.24, 2.45) is 5.92 Å². The molecule has 0 aliphatic heterocycles. The van der Waals surface area contributed by atoms with Crippen LogP contribution >= 0.6 is 0 Å². The van der Waals surface area contributed by atoms with Crippen LogP contribution in [0.25, 0.3) is 0 Å². The van der Waals surface area contributed by atoms with Crippen molar-refractivity contribution in [1.29, 1.82) is 0 Å². The van der Waals surface area contributed by atoms with Crippen LogP contribution < -0.4 is 5.32 Å². The van der Waals surface area contributed by atoms with Crippen LogP contribution in [-0.4, -0.2) is 30.7 Å². The molecule has 6 nitrogen and oxygen atoms in total. The second-order valence-electron chi connectivity index (χ2n) is 8.17. The largest absolute Gasteiger partial charge is 0.465 e. The van der Waals surface area contributed by atoms with Crippen LogP contribution in [0.2, 0.25) is 0 Å². The minimum atomic E-state index is -0.832. The van der Waals surface area contributed by atoms with Crippen LogP contribution in [0, 0.1) is 5.92 Å². The molecule has 174 valence electrons. The summed E-state index contributed by atoms with van der Waals surface area (Å²) in [6.45, 7) is 6.29. The average Bonchev–Trinajstić information content (AvgIpc) is 2.70. The van der Waals surface area contributed by atoms with Crippen molar-refractivity contribution < 1.29 is 23.9 Å². The van der Waals surface area contributed by atoms with Gasteiger partial charge in [0.2, 0.25) is 5.91 Å². The summed E-state index contributed by atoms with van der Waals surface area (Å²) in [7, 11) is 0. The molecule has 1 N–H and O–H groups in total. The minimum Gasteiger partial charge on any atom is -0.465 e.